The van der Waals surface area contributed by atoms with E-state index in [0.29, 0.717) is 5.89 Å². The molecule has 0 aliphatic heterocycles. The van der Waals surface area contributed by atoms with Gasteiger partial charge in [0.2, 0.25) is 5.89 Å². The fourth-order valence-corrected chi connectivity index (χ4v) is 2.86. The molecule has 0 unspecified atom stereocenters. The molecular weight excluding hydrogens is 266 g/mol. The molecule has 1 aromatic heterocycles. The molecule has 1 heterocycles. The summed E-state index contributed by atoms with van der Waals surface area (Å²) in [4.78, 5) is 5.83. The predicted octanol–water partition coefficient (Wildman–Crippen LogP) is 4.94. The van der Waals surface area contributed by atoms with E-state index in [0.717, 1.165) is 17.0 Å². The van der Waals surface area contributed by atoms with Crippen LogP contribution in [0.25, 0.3) is 11.5 Å². The second kappa shape index (κ2) is 5.97. The monoisotopic (exact) mass is 281 g/mol. The van der Waals surface area contributed by atoms with E-state index in [-0.39, 0.29) is 0 Å². The fourth-order valence-electron chi connectivity index (χ4n) is 1.96. The van der Waals surface area contributed by atoms with E-state index >= 15 is 0 Å². The van der Waals surface area contributed by atoms with Crippen LogP contribution in [0.15, 0.2) is 70.2 Å². The summed E-state index contributed by atoms with van der Waals surface area (Å²) in [6.07, 6.45) is 1.74. The van der Waals surface area contributed by atoms with Crippen LogP contribution in [-0.2, 0) is 5.75 Å². The summed E-state index contributed by atoms with van der Waals surface area (Å²) in [5, 5.41) is 0. The van der Waals surface area contributed by atoms with Gasteiger partial charge in [-0.05, 0) is 30.7 Å². The van der Waals surface area contributed by atoms with E-state index in [9.17, 15) is 0 Å². The third-order valence-electron chi connectivity index (χ3n) is 3.04. The van der Waals surface area contributed by atoms with Crippen molar-refractivity contribution in [3.05, 3.63) is 72.1 Å². The first-order valence-corrected chi connectivity index (χ1v) is 7.50. The van der Waals surface area contributed by atoms with Gasteiger partial charge >= 0.3 is 0 Å². The third kappa shape index (κ3) is 2.94. The zero-order valence-corrected chi connectivity index (χ0v) is 12.1. The van der Waals surface area contributed by atoms with Gasteiger partial charge in [0, 0.05) is 16.2 Å². The Morgan fingerprint density at radius 2 is 1.75 bits per heavy atom. The summed E-state index contributed by atoms with van der Waals surface area (Å²) in [5.74, 6) is 1.51. The van der Waals surface area contributed by atoms with Crippen molar-refractivity contribution in [1.82, 2.24) is 4.98 Å². The van der Waals surface area contributed by atoms with E-state index in [1.807, 2.05) is 30.3 Å². The molecule has 0 spiro atoms. The van der Waals surface area contributed by atoms with E-state index in [4.69, 9.17) is 4.42 Å². The van der Waals surface area contributed by atoms with Gasteiger partial charge in [-0.15, -0.1) is 11.8 Å². The van der Waals surface area contributed by atoms with Crippen LogP contribution in [0.4, 0.5) is 0 Å². The van der Waals surface area contributed by atoms with Crippen molar-refractivity contribution in [2.75, 3.05) is 0 Å². The number of nitrogens with zero attached hydrogens (tertiary/aromatic N) is 1. The topological polar surface area (TPSA) is 26.0 Å². The quantitative estimate of drug-likeness (QED) is 0.633. The minimum atomic E-state index is 0.686. The summed E-state index contributed by atoms with van der Waals surface area (Å²) in [7, 11) is 0. The van der Waals surface area contributed by atoms with Crippen molar-refractivity contribution in [1.29, 1.82) is 0 Å². The molecular formula is C17H15NOS. The Balaban J connectivity index is 1.71. The SMILES string of the molecule is Cc1ccccc1SCc1coc(-c2ccccc2)n1. The van der Waals surface area contributed by atoms with E-state index in [1.54, 1.807) is 18.0 Å². The highest BCUT2D eigenvalue weighted by molar-refractivity contribution is 7.98. The van der Waals surface area contributed by atoms with E-state index in [2.05, 4.69) is 36.2 Å². The van der Waals surface area contributed by atoms with Gasteiger partial charge in [-0.1, -0.05) is 36.4 Å². The first-order chi connectivity index (χ1) is 9.83. The van der Waals surface area contributed by atoms with Gasteiger partial charge in [-0.2, -0.15) is 0 Å². The highest BCUT2D eigenvalue weighted by atomic mass is 32.2. The van der Waals surface area contributed by atoms with Crippen LogP contribution in [0.2, 0.25) is 0 Å². The van der Waals surface area contributed by atoms with Crippen LogP contribution in [0.5, 0.6) is 0 Å². The standard InChI is InChI=1S/C17H15NOS/c1-13-7-5-6-10-16(13)20-12-15-11-19-17(18-15)14-8-3-2-4-9-14/h2-11H,12H2,1H3. The molecule has 2 aromatic carbocycles. The molecule has 0 aliphatic rings. The van der Waals surface area contributed by atoms with Crippen molar-refractivity contribution in [3.63, 3.8) is 0 Å². The minimum absolute atomic E-state index is 0.686. The van der Waals surface area contributed by atoms with Crippen molar-refractivity contribution < 1.29 is 4.42 Å². The number of oxazole rings is 1. The molecule has 0 amide bonds. The average molecular weight is 281 g/mol. The Morgan fingerprint density at radius 1 is 1.00 bits per heavy atom. The van der Waals surface area contributed by atoms with Gasteiger partial charge < -0.3 is 4.42 Å². The van der Waals surface area contributed by atoms with Crippen LogP contribution in [0.1, 0.15) is 11.3 Å². The van der Waals surface area contributed by atoms with Crippen molar-refractivity contribution in [2.24, 2.45) is 0 Å². The van der Waals surface area contributed by atoms with E-state index < -0.39 is 0 Å². The number of rotatable bonds is 4. The number of thioether (sulfide) groups is 1. The smallest absolute Gasteiger partial charge is 0.226 e. The van der Waals surface area contributed by atoms with Crippen LogP contribution < -0.4 is 0 Å². The van der Waals surface area contributed by atoms with Crippen LogP contribution >= 0.6 is 11.8 Å². The van der Waals surface area contributed by atoms with Gasteiger partial charge in [0.1, 0.15) is 6.26 Å². The Morgan fingerprint density at radius 3 is 2.55 bits per heavy atom. The Labute approximate surface area is 122 Å². The molecule has 3 rings (SSSR count). The summed E-state index contributed by atoms with van der Waals surface area (Å²) >= 11 is 1.79. The molecule has 0 radical (unpaired) electrons. The third-order valence-corrected chi connectivity index (χ3v) is 4.25. The maximum absolute atomic E-state index is 5.54. The molecule has 20 heavy (non-hydrogen) atoms. The lowest BCUT2D eigenvalue weighted by Crippen LogP contribution is -1.84. The fraction of sp³-hybridized carbons (Fsp3) is 0.118. The maximum Gasteiger partial charge on any atom is 0.226 e. The molecule has 100 valence electrons. The highest BCUT2D eigenvalue weighted by Crippen LogP contribution is 2.26. The predicted molar refractivity (Wildman–Crippen MR) is 82.7 cm³/mol. The van der Waals surface area contributed by atoms with Gasteiger partial charge in [0.25, 0.3) is 0 Å². The first kappa shape index (κ1) is 13.0. The molecule has 0 aliphatic carbocycles. The molecule has 0 atom stereocenters. The summed E-state index contributed by atoms with van der Waals surface area (Å²) in [5.41, 5.74) is 3.28. The van der Waals surface area contributed by atoms with Gasteiger partial charge in [-0.3, -0.25) is 0 Å². The zero-order valence-electron chi connectivity index (χ0n) is 11.2. The van der Waals surface area contributed by atoms with Crippen LogP contribution in [0.3, 0.4) is 0 Å². The zero-order chi connectivity index (χ0) is 13.8. The Kier molecular flexibility index (Phi) is 3.88. The van der Waals surface area contributed by atoms with Gasteiger partial charge in [0.05, 0.1) is 5.69 Å². The average Bonchev–Trinajstić information content (AvgIpc) is 2.96. The second-order valence-corrected chi connectivity index (χ2v) is 5.58. The summed E-state index contributed by atoms with van der Waals surface area (Å²) < 4.78 is 5.54. The largest absolute Gasteiger partial charge is 0.444 e. The molecule has 0 N–H and O–H groups in total. The molecule has 0 saturated carbocycles. The van der Waals surface area contributed by atoms with Crippen LogP contribution in [0, 0.1) is 6.92 Å². The summed E-state index contributed by atoms with van der Waals surface area (Å²) in [6, 6.07) is 18.4. The molecule has 3 heteroatoms. The molecule has 0 bridgehead atoms. The Hall–Kier alpha value is -2.00. The lowest BCUT2D eigenvalue weighted by atomic mass is 10.2. The number of hydrogen-bond donors (Lipinski definition) is 0. The molecule has 0 saturated heterocycles. The van der Waals surface area contributed by atoms with Crippen molar-refractivity contribution in [2.45, 2.75) is 17.6 Å². The highest BCUT2D eigenvalue weighted by Gasteiger charge is 2.07. The minimum Gasteiger partial charge on any atom is -0.444 e. The number of benzene rings is 2. The van der Waals surface area contributed by atoms with Gasteiger partial charge in [0.15, 0.2) is 0 Å². The normalized spacial score (nSPS) is 10.7. The van der Waals surface area contributed by atoms with Crippen molar-refractivity contribution in [3.8, 4) is 11.5 Å². The lowest BCUT2D eigenvalue weighted by Gasteiger charge is -2.02. The number of aryl methyl sites for hydroxylation is 1. The maximum atomic E-state index is 5.54. The number of aromatic nitrogens is 1. The van der Waals surface area contributed by atoms with Gasteiger partial charge in [-0.25, -0.2) is 4.98 Å². The molecule has 3 aromatic rings. The van der Waals surface area contributed by atoms with Crippen molar-refractivity contribution >= 4 is 11.8 Å². The number of hydrogen-bond acceptors (Lipinski definition) is 3. The first-order valence-electron chi connectivity index (χ1n) is 6.51. The molecule has 0 fully saturated rings. The molecule has 2 nitrogen and oxygen atoms in total. The second-order valence-electron chi connectivity index (χ2n) is 4.56. The van der Waals surface area contributed by atoms with Crippen LogP contribution in [-0.4, -0.2) is 4.98 Å². The van der Waals surface area contributed by atoms with E-state index in [1.165, 1.54) is 10.5 Å². The lowest BCUT2D eigenvalue weighted by molar-refractivity contribution is 0.573. The summed E-state index contributed by atoms with van der Waals surface area (Å²) in [6.45, 7) is 2.13. The Bertz CT molecular complexity index is 691.